The van der Waals surface area contributed by atoms with Crippen molar-refractivity contribution in [3.8, 4) is 11.5 Å². The second-order valence-corrected chi connectivity index (χ2v) is 9.70. The first kappa shape index (κ1) is 26.0. The van der Waals surface area contributed by atoms with Crippen molar-refractivity contribution in [1.82, 2.24) is 0 Å². The summed E-state index contributed by atoms with van der Waals surface area (Å²) in [5, 5.41) is 11.5. The van der Waals surface area contributed by atoms with E-state index in [1.54, 1.807) is 24.3 Å². The van der Waals surface area contributed by atoms with E-state index in [0.717, 1.165) is 11.1 Å². The number of nitrogens with zero attached hydrogens (tertiary/aromatic N) is 1. The molecule has 1 N–H and O–H groups in total. The summed E-state index contributed by atoms with van der Waals surface area (Å²) in [4.78, 5) is 28.3. The molecule has 6 nitrogen and oxygen atoms in total. The van der Waals surface area contributed by atoms with Crippen LogP contribution in [0.4, 0.5) is 5.69 Å². The molecule has 0 bridgehead atoms. The number of ether oxygens (including phenoxy) is 2. The van der Waals surface area contributed by atoms with Gasteiger partial charge in [-0.25, -0.2) is 0 Å². The van der Waals surface area contributed by atoms with Gasteiger partial charge in [-0.1, -0.05) is 38.1 Å². The third-order valence-corrected chi connectivity index (χ3v) is 6.23. The predicted octanol–water partition coefficient (Wildman–Crippen LogP) is 6.36. The van der Waals surface area contributed by atoms with Crippen LogP contribution in [0.3, 0.4) is 0 Å². The maximum Gasteiger partial charge on any atom is 0.300 e. The van der Waals surface area contributed by atoms with E-state index in [9.17, 15) is 14.7 Å². The standard InChI is InChI=1S/C31H33NO5/c1-6-36-25-12-8-10-22(17-25)28-27(30(34)31(35)32(28)24-11-7-9-20(4)15-24)29(33)23-13-14-26(21(5)16-23)37-18-19(2)3/h7-17,19,28,33H,6,18H2,1-5H3/b29-27+. The molecule has 1 saturated heterocycles. The Balaban J connectivity index is 1.86. The quantitative estimate of drug-likeness (QED) is 0.222. The lowest BCUT2D eigenvalue weighted by Crippen LogP contribution is -2.29. The zero-order valence-corrected chi connectivity index (χ0v) is 21.9. The maximum absolute atomic E-state index is 13.4. The van der Waals surface area contributed by atoms with Gasteiger partial charge in [0.1, 0.15) is 17.3 Å². The minimum Gasteiger partial charge on any atom is -0.507 e. The fourth-order valence-electron chi connectivity index (χ4n) is 4.50. The van der Waals surface area contributed by atoms with Gasteiger partial charge in [-0.3, -0.25) is 14.5 Å². The van der Waals surface area contributed by atoms with Crippen LogP contribution in [-0.4, -0.2) is 30.0 Å². The highest BCUT2D eigenvalue weighted by Gasteiger charge is 2.47. The van der Waals surface area contributed by atoms with Gasteiger partial charge in [0.05, 0.1) is 24.8 Å². The monoisotopic (exact) mass is 499 g/mol. The summed E-state index contributed by atoms with van der Waals surface area (Å²) in [6.45, 7) is 10.9. The molecule has 1 unspecified atom stereocenters. The fourth-order valence-corrected chi connectivity index (χ4v) is 4.50. The molecule has 3 aromatic carbocycles. The van der Waals surface area contributed by atoms with Crippen LogP contribution in [0.25, 0.3) is 5.76 Å². The van der Waals surface area contributed by atoms with Gasteiger partial charge in [0.2, 0.25) is 0 Å². The molecule has 1 amide bonds. The molecule has 1 aliphatic rings. The summed E-state index contributed by atoms with van der Waals surface area (Å²) in [5.74, 6) is 0.0660. The molecule has 1 heterocycles. The first-order chi connectivity index (χ1) is 17.7. The van der Waals surface area contributed by atoms with Crippen LogP contribution in [0.2, 0.25) is 0 Å². The Morgan fingerprint density at radius 1 is 0.973 bits per heavy atom. The second kappa shape index (κ2) is 10.9. The summed E-state index contributed by atoms with van der Waals surface area (Å²) in [6.07, 6.45) is 0. The lowest BCUT2D eigenvalue weighted by Gasteiger charge is -2.26. The van der Waals surface area contributed by atoms with Gasteiger partial charge in [0, 0.05) is 11.3 Å². The average molecular weight is 500 g/mol. The molecule has 0 aromatic heterocycles. The number of rotatable bonds is 8. The van der Waals surface area contributed by atoms with Crippen LogP contribution in [0.15, 0.2) is 72.3 Å². The van der Waals surface area contributed by atoms with Crippen LogP contribution in [0.1, 0.15) is 49.1 Å². The Hall–Kier alpha value is -4.06. The van der Waals surface area contributed by atoms with Crippen molar-refractivity contribution in [2.24, 2.45) is 5.92 Å². The summed E-state index contributed by atoms with van der Waals surface area (Å²) in [5.41, 5.74) is 3.52. The van der Waals surface area contributed by atoms with Crippen molar-refractivity contribution < 1.29 is 24.2 Å². The van der Waals surface area contributed by atoms with Gasteiger partial charge in [-0.15, -0.1) is 0 Å². The number of aryl methyl sites for hydroxylation is 2. The minimum atomic E-state index is -0.820. The van der Waals surface area contributed by atoms with Crippen LogP contribution >= 0.6 is 0 Å². The number of aliphatic hydroxyl groups is 1. The molecule has 0 saturated carbocycles. The summed E-state index contributed by atoms with van der Waals surface area (Å²) in [7, 11) is 0. The molecule has 0 aliphatic carbocycles. The third kappa shape index (κ3) is 5.38. The van der Waals surface area contributed by atoms with Crippen LogP contribution in [-0.2, 0) is 9.59 Å². The number of Topliss-reactive ketones (excluding diaryl/α,β-unsaturated/α-hetero) is 1. The van der Waals surface area contributed by atoms with Gasteiger partial charge in [0.25, 0.3) is 11.7 Å². The average Bonchev–Trinajstić information content (AvgIpc) is 3.13. The number of hydrogen-bond acceptors (Lipinski definition) is 5. The lowest BCUT2D eigenvalue weighted by atomic mass is 9.94. The molecular weight excluding hydrogens is 466 g/mol. The highest BCUT2D eigenvalue weighted by Crippen LogP contribution is 2.43. The van der Waals surface area contributed by atoms with Crippen molar-refractivity contribution in [3.63, 3.8) is 0 Å². The predicted molar refractivity (Wildman–Crippen MR) is 145 cm³/mol. The Labute approximate surface area is 218 Å². The Morgan fingerprint density at radius 2 is 1.73 bits per heavy atom. The zero-order valence-electron chi connectivity index (χ0n) is 21.9. The van der Waals surface area contributed by atoms with Crippen LogP contribution < -0.4 is 14.4 Å². The van der Waals surface area contributed by atoms with Crippen LogP contribution in [0, 0.1) is 19.8 Å². The molecular formula is C31H33NO5. The topological polar surface area (TPSA) is 76.1 Å². The molecule has 1 fully saturated rings. The molecule has 4 rings (SSSR count). The number of carbonyl (C=O) groups is 2. The number of anilines is 1. The highest BCUT2D eigenvalue weighted by atomic mass is 16.5. The number of aliphatic hydroxyl groups excluding tert-OH is 1. The summed E-state index contributed by atoms with van der Waals surface area (Å²) < 4.78 is 11.6. The van der Waals surface area contributed by atoms with E-state index in [2.05, 4.69) is 13.8 Å². The van der Waals surface area contributed by atoms with Crippen molar-refractivity contribution in [3.05, 3.63) is 94.6 Å². The van der Waals surface area contributed by atoms with E-state index in [0.29, 0.717) is 47.4 Å². The van der Waals surface area contributed by atoms with Gasteiger partial charge < -0.3 is 14.6 Å². The number of hydrogen-bond donors (Lipinski definition) is 1. The number of carbonyl (C=O) groups excluding carboxylic acids is 2. The Morgan fingerprint density at radius 3 is 2.41 bits per heavy atom. The van der Waals surface area contributed by atoms with Gasteiger partial charge in [0.15, 0.2) is 0 Å². The third-order valence-electron chi connectivity index (χ3n) is 6.23. The van der Waals surface area contributed by atoms with E-state index in [-0.39, 0.29) is 11.3 Å². The normalized spacial score (nSPS) is 16.9. The molecule has 1 aliphatic heterocycles. The number of amides is 1. The largest absolute Gasteiger partial charge is 0.507 e. The van der Waals surface area contributed by atoms with E-state index < -0.39 is 17.7 Å². The van der Waals surface area contributed by atoms with Gasteiger partial charge in [-0.05, 0) is 85.8 Å². The van der Waals surface area contributed by atoms with Crippen LogP contribution in [0.5, 0.6) is 11.5 Å². The SMILES string of the molecule is CCOc1cccc(C2/C(=C(\O)c3ccc(OCC(C)C)c(C)c3)C(=O)C(=O)N2c2cccc(C)c2)c1. The molecule has 37 heavy (non-hydrogen) atoms. The first-order valence-electron chi connectivity index (χ1n) is 12.6. The molecule has 0 spiro atoms. The highest BCUT2D eigenvalue weighted by molar-refractivity contribution is 6.51. The molecule has 192 valence electrons. The van der Waals surface area contributed by atoms with E-state index in [1.165, 1.54) is 4.90 Å². The molecule has 6 heteroatoms. The van der Waals surface area contributed by atoms with Crippen molar-refractivity contribution in [1.29, 1.82) is 0 Å². The van der Waals surface area contributed by atoms with Gasteiger partial charge in [-0.2, -0.15) is 0 Å². The molecule has 0 radical (unpaired) electrons. The fraction of sp³-hybridized carbons (Fsp3) is 0.290. The second-order valence-electron chi connectivity index (χ2n) is 9.70. The van der Waals surface area contributed by atoms with E-state index in [4.69, 9.17) is 9.47 Å². The van der Waals surface area contributed by atoms with Crippen molar-refractivity contribution >= 4 is 23.1 Å². The smallest absolute Gasteiger partial charge is 0.300 e. The first-order valence-corrected chi connectivity index (χ1v) is 12.6. The van der Waals surface area contributed by atoms with E-state index in [1.807, 2.05) is 63.2 Å². The Kier molecular flexibility index (Phi) is 7.67. The minimum absolute atomic E-state index is 0.0374. The van der Waals surface area contributed by atoms with Gasteiger partial charge >= 0.3 is 0 Å². The zero-order chi connectivity index (χ0) is 26.7. The van der Waals surface area contributed by atoms with Crippen molar-refractivity contribution in [2.75, 3.05) is 18.1 Å². The van der Waals surface area contributed by atoms with Crippen molar-refractivity contribution in [2.45, 2.75) is 40.7 Å². The Bertz CT molecular complexity index is 1360. The molecule has 3 aromatic rings. The summed E-state index contributed by atoms with van der Waals surface area (Å²) >= 11 is 0. The maximum atomic E-state index is 13.4. The lowest BCUT2D eigenvalue weighted by molar-refractivity contribution is -0.132. The molecule has 1 atom stereocenters. The number of benzene rings is 3. The number of ketones is 1. The summed E-state index contributed by atoms with van der Waals surface area (Å²) in [6, 6.07) is 19.2. The van der Waals surface area contributed by atoms with E-state index >= 15 is 0 Å².